The van der Waals surface area contributed by atoms with E-state index in [1.165, 1.54) is 0 Å². The van der Waals surface area contributed by atoms with Crippen molar-refractivity contribution in [3.8, 4) is 0 Å². The Labute approximate surface area is 112 Å². The van der Waals surface area contributed by atoms with Crippen molar-refractivity contribution in [1.29, 1.82) is 0 Å². The van der Waals surface area contributed by atoms with Gasteiger partial charge in [0.05, 0.1) is 6.20 Å². The van der Waals surface area contributed by atoms with Crippen molar-refractivity contribution in [2.75, 3.05) is 13.1 Å². The summed E-state index contributed by atoms with van der Waals surface area (Å²) in [6, 6.07) is 0. The number of alkyl halides is 2. The third kappa shape index (κ3) is 4.27. The Morgan fingerprint density at radius 2 is 2.16 bits per heavy atom. The Morgan fingerprint density at radius 3 is 2.84 bits per heavy atom. The fourth-order valence-corrected chi connectivity index (χ4v) is 2.49. The predicted molar refractivity (Wildman–Crippen MR) is 69.5 cm³/mol. The van der Waals surface area contributed by atoms with Crippen LogP contribution in [0.15, 0.2) is 10.6 Å². The molecule has 0 spiro atoms. The van der Waals surface area contributed by atoms with Gasteiger partial charge in [0.2, 0.25) is 5.92 Å². The highest BCUT2D eigenvalue weighted by Gasteiger charge is 2.36. The lowest BCUT2D eigenvalue weighted by molar-refractivity contribution is -0.0395. The van der Waals surface area contributed by atoms with E-state index in [4.69, 9.17) is 4.42 Å². The van der Waals surface area contributed by atoms with Crippen LogP contribution in [0.5, 0.6) is 0 Å². The molecule has 1 N–H and O–H groups in total. The van der Waals surface area contributed by atoms with Crippen LogP contribution in [0.3, 0.4) is 0 Å². The zero-order valence-electron chi connectivity index (χ0n) is 11.4. The quantitative estimate of drug-likeness (QED) is 0.805. The molecule has 0 saturated heterocycles. The Hall–Kier alpha value is -0.970. The first-order valence-electron chi connectivity index (χ1n) is 7.14. The molecule has 1 saturated carbocycles. The summed E-state index contributed by atoms with van der Waals surface area (Å²) in [7, 11) is 0. The number of hydrogen-bond donors (Lipinski definition) is 1. The van der Waals surface area contributed by atoms with Gasteiger partial charge < -0.3 is 9.73 Å². The molecule has 2 rings (SSSR count). The maximum Gasteiger partial charge on any atom is 0.248 e. The fourth-order valence-electron chi connectivity index (χ4n) is 2.49. The topological polar surface area (TPSA) is 38.1 Å². The van der Waals surface area contributed by atoms with Gasteiger partial charge in [-0.3, -0.25) is 0 Å². The Kier molecular flexibility index (Phi) is 4.91. The standard InChI is InChI=1S/C14H22F2N2O/c1-2-17-9-3-4-13-18-10-12(19-13)11-5-7-14(15,16)8-6-11/h10-11,17H,2-9H2,1H3. The summed E-state index contributed by atoms with van der Waals surface area (Å²) in [6.07, 6.45) is 4.43. The summed E-state index contributed by atoms with van der Waals surface area (Å²) in [5, 5.41) is 3.24. The highest BCUT2D eigenvalue weighted by atomic mass is 19.3. The summed E-state index contributed by atoms with van der Waals surface area (Å²) >= 11 is 0. The third-order valence-corrected chi connectivity index (χ3v) is 3.69. The molecule has 108 valence electrons. The number of hydrogen-bond acceptors (Lipinski definition) is 3. The van der Waals surface area contributed by atoms with Crippen LogP contribution in [0.2, 0.25) is 0 Å². The predicted octanol–water partition coefficient (Wildman–Crippen LogP) is 3.51. The van der Waals surface area contributed by atoms with Gasteiger partial charge in [0.25, 0.3) is 0 Å². The second kappa shape index (κ2) is 6.46. The molecule has 3 nitrogen and oxygen atoms in total. The largest absolute Gasteiger partial charge is 0.445 e. The van der Waals surface area contributed by atoms with Crippen LogP contribution >= 0.6 is 0 Å². The van der Waals surface area contributed by atoms with Gasteiger partial charge in [-0.15, -0.1) is 0 Å². The van der Waals surface area contributed by atoms with Crippen LogP contribution in [0.25, 0.3) is 0 Å². The zero-order chi connectivity index (χ0) is 13.7. The molecule has 0 radical (unpaired) electrons. The Balaban J connectivity index is 1.80. The minimum atomic E-state index is -2.48. The van der Waals surface area contributed by atoms with Gasteiger partial charge >= 0.3 is 0 Å². The van der Waals surface area contributed by atoms with Crippen molar-refractivity contribution in [2.45, 2.75) is 57.3 Å². The maximum absolute atomic E-state index is 13.1. The van der Waals surface area contributed by atoms with E-state index >= 15 is 0 Å². The fraction of sp³-hybridized carbons (Fsp3) is 0.786. The molecule has 0 bridgehead atoms. The van der Waals surface area contributed by atoms with E-state index in [2.05, 4.69) is 17.2 Å². The molecule has 0 amide bonds. The van der Waals surface area contributed by atoms with Gasteiger partial charge in [-0.25, -0.2) is 13.8 Å². The van der Waals surface area contributed by atoms with E-state index in [1.807, 2.05) is 0 Å². The van der Waals surface area contributed by atoms with E-state index in [1.54, 1.807) is 6.20 Å². The zero-order valence-corrected chi connectivity index (χ0v) is 11.4. The van der Waals surface area contributed by atoms with Crippen molar-refractivity contribution in [3.05, 3.63) is 17.8 Å². The summed E-state index contributed by atoms with van der Waals surface area (Å²) in [4.78, 5) is 4.24. The first-order chi connectivity index (χ1) is 9.11. The Bertz CT molecular complexity index is 383. The molecule has 1 heterocycles. The van der Waals surface area contributed by atoms with Gasteiger partial charge in [-0.2, -0.15) is 0 Å². The van der Waals surface area contributed by atoms with Crippen molar-refractivity contribution >= 4 is 0 Å². The second-order valence-electron chi connectivity index (χ2n) is 5.24. The molecule has 1 aliphatic carbocycles. The van der Waals surface area contributed by atoms with Crippen LogP contribution in [0, 0.1) is 0 Å². The number of rotatable bonds is 6. The van der Waals surface area contributed by atoms with Gasteiger partial charge in [0.15, 0.2) is 5.89 Å². The lowest BCUT2D eigenvalue weighted by Crippen LogP contribution is -2.23. The highest BCUT2D eigenvalue weighted by Crippen LogP contribution is 2.40. The summed E-state index contributed by atoms with van der Waals surface area (Å²) in [5.74, 6) is -0.848. The summed E-state index contributed by atoms with van der Waals surface area (Å²) in [6.45, 7) is 3.99. The number of nitrogens with zero attached hydrogens (tertiary/aromatic N) is 1. The smallest absolute Gasteiger partial charge is 0.248 e. The molecule has 5 heteroatoms. The van der Waals surface area contributed by atoms with E-state index in [9.17, 15) is 8.78 Å². The van der Waals surface area contributed by atoms with E-state index < -0.39 is 5.92 Å². The second-order valence-corrected chi connectivity index (χ2v) is 5.24. The number of aromatic nitrogens is 1. The molecule has 1 aromatic heterocycles. The molecular weight excluding hydrogens is 250 g/mol. The molecular formula is C14H22F2N2O. The maximum atomic E-state index is 13.1. The van der Waals surface area contributed by atoms with Crippen molar-refractivity contribution in [3.63, 3.8) is 0 Å². The van der Waals surface area contributed by atoms with Gasteiger partial charge in [-0.1, -0.05) is 6.92 Å². The van der Waals surface area contributed by atoms with Gasteiger partial charge in [0, 0.05) is 25.2 Å². The highest BCUT2D eigenvalue weighted by molar-refractivity contribution is 5.04. The van der Waals surface area contributed by atoms with E-state index in [-0.39, 0.29) is 18.8 Å². The lowest BCUT2D eigenvalue weighted by atomic mass is 9.85. The van der Waals surface area contributed by atoms with Crippen molar-refractivity contribution in [1.82, 2.24) is 10.3 Å². The molecule has 0 unspecified atom stereocenters. The third-order valence-electron chi connectivity index (χ3n) is 3.69. The van der Waals surface area contributed by atoms with E-state index in [0.717, 1.165) is 37.6 Å². The van der Waals surface area contributed by atoms with Crippen LogP contribution in [-0.2, 0) is 6.42 Å². The first-order valence-corrected chi connectivity index (χ1v) is 7.14. The first kappa shape index (κ1) is 14.4. The molecule has 1 fully saturated rings. The summed E-state index contributed by atoms with van der Waals surface area (Å²) < 4.78 is 31.9. The minimum absolute atomic E-state index is 0.0336. The molecule has 0 atom stereocenters. The van der Waals surface area contributed by atoms with Crippen molar-refractivity contribution in [2.24, 2.45) is 0 Å². The number of oxazole rings is 1. The monoisotopic (exact) mass is 272 g/mol. The Morgan fingerprint density at radius 1 is 1.42 bits per heavy atom. The van der Waals surface area contributed by atoms with Crippen LogP contribution < -0.4 is 5.32 Å². The SMILES string of the molecule is CCNCCCc1ncc(C2CCC(F)(F)CC2)o1. The lowest BCUT2D eigenvalue weighted by Gasteiger charge is -2.26. The minimum Gasteiger partial charge on any atom is -0.445 e. The van der Waals surface area contributed by atoms with Crippen LogP contribution in [-0.4, -0.2) is 24.0 Å². The molecule has 0 aromatic carbocycles. The van der Waals surface area contributed by atoms with Crippen molar-refractivity contribution < 1.29 is 13.2 Å². The molecule has 19 heavy (non-hydrogen) atoms. The normalized spacial score (nSPS) is 19.7. The molecule has 1 aliphatic rings. The van der Waals surface area contributed by atoms with Gasteiger partial charge in [-0.05, 0) is 32.4 Å². The molecule has 0 aliphatic heterocycles. The molecule has 1 aromatic rings. The summed E-state index contributed by atoms with van der Waals surface area (Å²) in [5.41, 5.74) is 0. The number of nitrogens with one attached hydrogen (secondary N) is 1. The number of halogens is 2. The van der Waals surface area contributed by atoms with E-state index in [0.29, 0.717) is 12.8 Å². The van der Waals surface area contributed by atoms with Crippen LogP contribution in [0.4, 0.5) is 8.78 Å². The average Bonchev–Trinajstić information content (AvgIpc) is 2.83. The number of aryl methyl sites for hydroxylation is 1. The van der Waals surface area contributed by atoms with Crippen LogP contribution in [0.1, 0.15) is 56.6 Å². The van der Waals surface area contributed by atoms with Gasteiger partial charge in [0.1, 0.15) is 5.76 Å². The average molecular weight is 272 g/mol.